The number of halogens is 3. The highest BCUT2D eigenvalue weighted by atomic mass is 19.4. The lowest BCUT2D eigenvalue weighted by Gasteiger charge is -2.09. The number of rotatable bonds is 6. The highest BCUT2D eigenvalue weighted by Crippen LogP contribution is 2.18. The predicted molar refractivity (Wildman–Crippen MR) is 99.8 cm³/mol. The third kappa shape index (κ3) is 5.82. The van der Waals surface area contributed by atoms with Gasteiger partial charge in [-0.15, -0.1) is 0 Å². The van der Waals surface area contributed by atoms with Crippen LogP contribution in [-0.2, 0) is 22.6 Å². The summed E-state index contributed by atoms with van der Waals surface area (Å²) in [5, 5.41) is 0.928. The molecule has 0 unspecified atom stereocenters. The number of carbonyl (C=O) groups excluding carboxylic acids is 2. The van der Waals surface area contributed by atoms with E-state index >= 15 is 0 Å². The van der Waals surface area contributed by atoms with Crippen LogP contribution in [0.1, 0.15) is 21.5 Å². The molecule has 0 radical (unpaired) electrons. The van der Waals surface area contributed by atoms with Crippen molar-refractivity contribution in [3.05, 3.63) is 71.4 Å². The summed E-state index contributed by atoms with van der Waals surface area (Å²) >= 11 is 0. The van der Waals surface area contributed by atoms with E-state index in [4.69, 9.17) is 0 Å². The molecule has 0 atom stereocenters. The SMILES string of the molecule is O=C(Cc1c[nH]c2ccccc12)NNC(=O)c1ccc(COCC(F)(F)F)cc1. The molecule has 3 aromatic rings. The molecule has 3 rings (SSSR count). The standard InChI is InChI=1S/C20H18F3N3O3/c21-20(22,23)12-29-11-13-5-7-14(8-6-13)19(28)26-25-18(27)9-15-10-24-17-4-2-1-3-16(15)17/h1-8,10,24H,9,11-12H2,(H,25,27)(H,26,28). The Hall–Kier alpha value is -3.33. The van der Waals surface area contributed by atoms with Gasteiger partial charge >= 0.3 is 6.18 Å². The molecule has 152 valence electrons. The first-order valence-corrected chi connectivity index (χ1v) is 8.69. The molecular formula is C20H18F3N3O3. The van der Waals surface area contributed by atoms with Gasteiger partial charge < -0.3 is 9.72 Å². The van der Waals surface area contributed by atoms with Crippen LogP contribution in [0.3, 0.4) is 0 Å². The second kappa shape index (κ2) is 8.78. The van der Waals surface area contributed by atoms with Gasteiger partial charge in [0.15, 0.2) is 0 Å². The van der Waals surface area contributed by atoms with Gasteiger partial charge in [0, 0.05) is 22.7 Å². The van der Waals surface area contributed by atoms with Crippen molar-refractivity contribution in [3.8, 4) is 0 Å². The van der Waals surface area contributed by atoms with E-state index < -0.39 is 18.7 Å². The molecule has 3 N–H and O–H groups in total. The summed E-state index contributed by atoms with van der Waals surface area (Å²) in [5.74, 6) is -0.930. The summed E-state index contributed by atoms with van der Waals surface area (Å²) in [5.41, 5.74) is 7.12. The van der Waals surface area contributed by atoms with Gasteiger partial charge in [-0.25, -0.2) is 0 Å². The maximum atomic E-state index is 12.1. The second-order valence-electron chi connectivity index (χ2n) is 6.34. The van der Waals surface area contributed by atoms with Crippen LogP contribution in [-0.4, -0.2) is 29.6 Å². The summed E-state index contributed by atoms with van der Waals surface area (Å²) in [6.07, 6.45) is -2.56. The van der Waals surface area contributed by atoms with Crippen LogP contribution >= 0.6 is 0 Å². The predicted octanol–water partition coefficient (Wildman–Crippen LogP) is 3.25. The van der Waals surface area contributed by atoms with E-state index in [2.05, 4.69) is 20.6 Å². The number of para-hydroxylation sites is 1. The number of amides is 2. The van der Waals surface area contributed by atoms with Gasteiger partial charge in [0.05, 0.1) is 13.0 Å². The first kappa shape index (κ1) is 20.4. The van der Waals surface area contributed by atoms with Crippen molar-refractivity contribution in [2.24, 2.45) is 0 Å². The quantitative estimate of drug-likeness (QED) is 0.551. The minimum atomic E-state index is -4.38. The Labute approximate surface area is 164 Å². The fourth-order valence-corrected chi connectivity index (χ4v) is 2.73. The van der Waals surface area contributed by atoms with E-state index in [0.29, 0.717) is 5.56 Å². The van der Waals surface area contributed by atoms with E-state index in [1.807, 2.05) is 24.3 Å². The summed E-state index contributed by atoms with van der Waals surface area (Å²) < 4.78 is 40.7. The molecule has 0 aliphatic heterocycles. The summed E-state index contributed by atoms with van der Waals surface area (Å²) in [4.78, 5) is 27.3. The number of hydrogen-bond acceptors (Lipinski definition) is 3. The Morgan fingerprint density at radius 1 is 1.00 bits per heavy atom. The number of H-pyrrole nitrogens is 1. The van der Waals surface area contributed by atoms with Crippen LogP contribution in [0.5, 0.6) is 0 Å². The Kier molecular flexibility index (Phi) is 6.18. The van der Waals surface area contributed by atoms with Crippen molar-refractivity contribution in [1.29, 1.82) is 0 Å². The number of aromatic nitrogens is 1. The molecule has 0 saturated heterocycles. The van der Waals surface area contributed by atoms with E-state index in [1.54, 1.807) is 6.20 Å². The number of aromatic amines is 1. The van der Waals surface area contributed by atoms with E-state index in [9.17, 15) is 22.8 Å². The highest BCUT2D eigenvalue weighted by molar-refractivity contribution is 5.96. The first-order valence-electron chi connectivity index (χ1n) is 8.69. The molecule has 0 spiro atoms. The second-order valence-corrected chi connectivity index (χ2v) is 6.34. The van der Waals surface area contributed by atoms with E-state index in [0.717, 1.165) is 16.5 Å². The maximum absolute atomic E-state index is 12.1. The van der Waals surface area contributed by atoms with Gasteiger partial charge in [-0.05, 0) is 29.3 Å². The molecule has 1 aromatic heterocycles. The molecule has 9 heteroatoms. The Morgan fingerprint density at radius 3 is 2.45 bits per heavy atom. The van der Waals surface area contributed by atoms with Gasteiger partial charge in [0.2, 0.25) is 5.91 Å². The van der Waals surface area contributed by atoms with Crippen molar-refractivity contribution in [2.45, 2.75) is 19.2 Å². The molecule has 0 saturated carbocycles. The van der Waals surface area contributed by atoms with E-state index in [-0.39, 0.29) is 24.5 Å². The van der Waals surface area contributed by atoms with Crippen molar-refractivity contribution in [3.63, 3.8) is 0 Å². The number of alkyl halides is 3. The minimum Gasteiger partial charge on any atom is -0.367 e. The fraction of sp³-hybridized carbons (Fsp3) is 0.200. The minimum absolute atomic E-state index is 0.0831. The van der Waals surface area contributed by atoms with Crippen LogP contribution in [0.2, 0.25) is 0 Å². The largest absolute Gasteiger partial charge is 0.411 e. The molecule has 1 heterocycles. The van der Waals surface area contributed by atoms with Crippen LogP contribution in [0.4, 0.5) is 13.2 Å². The van der Waals surface area contributed by atoms with Gasteiger partial charge in [0.25, 0.3) is 5.91 Å². The number of hydrazine groups is 1. The monoisotopic (exact) mass is 405 g/mol. The Bertz CT molecular complexity index is 997. The number of carbonyl (C=O) groups is 2. The molecule has 0 aliphatic carbocycles. The Morgan fingerprint density at radius 2 is 1.72 bits per heavy atom. The molecule has 0 aliphatic rings. The topological polar surface area (TPSA) is 83.2 Å². The van der Waals surface area contributed by atoms with Gasteiger partial charge in [-0.3, -0.25) is 20.4 Å². The van der Waals surface area contributed by atoms with Crippen LogP contribution in [0.15, 0.2) is 54.7 Å². The average Bonchev–Trinajstić information content (AvgIpc) is 3.09. The number of fused-ring (bicyclic) bond motifs is 1. The van der Waals surface area contributed by atoms with Crippen molar-refractivity contribution < 1.29 is 27.5 Å². The van der Waals surface area contributed by atoms with E-state index in [1.165, 1.54) is 24.3 Å². The van der Waals surface area contributed by atoms with Crippen LogP contribution < -0.4 is 10.9 Å². The molecular weight excluding hydrogens is 387 g/mol. The van der Waals surface area contributed by atoms with Crippen molar-refractivity contribution in [2.75, 3.05) is 6.61 Å². The number of hydrogen-bond donors (Lipinski definition) is 3. The first-order chi connectivity index (χ1) is 13.8. The zero-order valence-corrected chi connectivity index (χ0v) is 15.2. The molecule has 0 fully saturated rings. The lowest BCUT2D eigenvalue weighted by atomic mass is 10.1. The lowest BCUT2D eigenvalue weighted by molar-refractivity contribution is -0.176. The smallest absolute Gasteiger partial charge is 0.367 e. The summed E-state index contributed by atoms with van der Waals surface area (Å²) in [6, 6.07) is 13.4. The number of benzene rings is 2. The van der Waals surface area contributed by atoms with Crippen molar-refractivity contribution >= 4 is 22.7 Å². The highest BCUT2D eigenvalue weighted by Gasteiger charge is 2.27. The van der Waals surface area contributed by atoms with Crippen LogP contribution in [0.25, 0.3) is 10.9 Å². The zero-order chi connectivity index (χ0) is 20.9. The summed E-state index contributed by atoms with van der Waals surface area (Å²) in [7, 11) is 0. The molecule has 29 heavy (non-hydrogen) atoms. The van der Waals surface area contributed by atoms with Gasteiger partial charge in [-0.2, -0.15) is 13.2 Å². The number of ether oxygens (including phenoxy) is 1. The molecule has 0 bridgehead atoms. The van der Waals surface area contributed by atoms with Gasteiger partial charge in [0.1, 0.15) is 6.61 Å². The van der Waals surface area contributed by atoms with Crippen LogP contribution in [0, 0.1) is 0 Å². The third-order valence-corrected chi connectivity index (χ3v) is 4.09. The van der Waals surface area contributed by atoms with Gasteiger partial charge in [-0.1, -0.05) is 30.3 Å². The molecule has 2 amide bonds. The molecule has 2 aromatic carbocycles. The fourth-order valence-electron chi connectivity index (χ4n) is 2.73. The summed E-state index contributed by atoms with van der Waals surface area (Å²) in [6.45, 7) is -1.56. The van der Waals surface area contributed by atoms with Crippen molar-refractivity contribution in [1.82, 2.24) is 15.8 Å². The zero-order valence-electron chi connectivity index (χ0n) is 15.2. The normalized spacial score (nSPS) is 11.4. The third-order valence-electron chi connectivity index (χ3n) is 4.09. The average molecular weight is 405 g/mol. The Balaban J connectivity index is 1.48. The lowest BCUT2D eigenvalue weighted by Crippen LogP contribution is -2.42. The molecule has 6 nitrogen and oxygen atoms in total. The number of nitrogens with one attached hydrogen (secondary N) is 3. The maximum Gasteiger partial charge on any atom is 0.411 e.